The fourth-order valence-electron chi connectivity index (χ4n) is 5.29. The summed E-state index contributed by atoms with van der Waals surface area (Å²) in [6.45, 7) is 9.26. The molecule has 1 amide bonds. The van der Waals surface area contributed by atoms with Crippen LogP contribution in [0.2, 0.25) is 0 Å². The lowest BCUT2D eigenvalue weighted by molar-refractivity contribution is -0.139. The number of benzene rings is 1. The van der Waals surface area contributed by atoms with E-state index in [1.165, 1.54) is 18.6 Å². The molecule has 1 aromatic carbocycles. The van der Waals surface area contributed by atoms with Crippen molar-refractivity contribution < 1.29 is 22.2 Å². The highest BCUT2D eigenvalue weighted by atomic mass is 32.2. The molecule has 2 aliphatic rings. The predicted molar refractivity (Wildman–Crippen MR) is 150 cm³/mol. The Morgan fingerprint density at radius 3 is 2.40 bits per heavy atom. The zero-order valence-electron chi connectivity index (χ0n) is 23.7. The van der Waals surface area contributed by atoms with Crippen LogP contribution < -0.4 is 10.0 Å². The molecule has 0 spiro atoms. The molecular weight excluding hydrogens is 537 g/mol. The van der Waals surface area contributed by atoms with Gasteiger partial charge in [-0.2, -0.15) is 18.4 Å². The number of rotatable bonds is 9. The minimum Gasteiger partial charge on any atom is -0.352 e. The van der Waals surface area contributed by atoms with Crippen LogP contribution in [0.3, 0.4) is 0 Å². The van der Waals surface area contributed by atoms with Gasteiger partial charge in [-0.3, -0.25) is 4.79 Å². The molecule has 1 unspecified atom stereocenters. The summed E-state index contributed by atoms with van der Waals surface area (Å²) in [4.78, 5) is 12.8. The number of carbonyl (C=O) groups is 1. The zero-order chi connectivity index (χ0) is 29.3. The largest absolute Gasteiger partial charge is 0.417 e. The van der Waals surface area contributed by atoms with Gasteiger partial charge in [-0.15, -0.1) is 0 Å². The Balaban J connectivity index is 1.72. The van der Waals surface area contributed by atoms with Gasteiger partial charge in [0.05, 0.1) is 22.1 Å². The SMILES string of the molecule is Cc1c(C(=O)NCCC(C)(C)C)cc(-c2ccc(S(=O)NC3(C#N)CC3)c(C(F)(F)F)c2)n1CC1CCCCC1. The van der Waals surface area contributed by atoms with Crippen molar-refractivity contribution in [1.82, 2.24) is 14.6 Å². The van der Waals surface area contributed by atoms with Gasteiger partial charge in [0.25, 0.3) is 5.91 Å². The number of carbonyl (C=O) groups excluding carboxylic acids is 1. The van der Waals surface area contributed by atoms with Crippen LogP contribution in [0.4, 0.5) is 13.2 Å². The van der Waals surface area contributed by atoms with E-state index in [1.807, 2.05) is 17.6 Å². The van der Waals surface area contributed by atoms with Crippen molar-refractivity contribution in [3.05, 3.63) is 41.1 Å². The lowest BCUT2D eigenvalue weighted by Gasteiger charge is -2.24. The summed E-state index contributed by atoms with van der Waals surface area (Å²) in [7, 11) is -2.21. The van der Waals surface area contributed by atoms with E-state index in [0.29, 0.717) is 48.7 Å². The van der Waals surface area contributed by atoms with Gasteiger partial charge in [0.1, 0.15) is 16.5 Å². The number of amides is 1. The molecule has 1 heterocycles. The fourth-order valence-corrected chi connectivity index (χ4v) is 6.57. The second-order valence-corrected chi connectivity index (χ2v) is 13.7. The third kappa shape index (κ3) is 7.16. The highest BCUT2D eigenvalue weighted by molar-refractivity contribution is 7.83. The van der Waals surface area contributed by atoms with Crippen molar-refractivity contribution >= 4 is 16.9 Å². The Morgan fingerprint density at radius 2 is 1.82 bits per heavy atom. The van der Waals surface area contributed by atoms with Crippen LogP contribution in [0.5, 0.6) is 0 Å². The van der Waals surface area contributed by atoms with Crippen LogP contribution >= 0.6 is 0 Å². The lowest BCUT2D eigenvalue weighted by atomic mass is 9.89. The van der Waals surface area contributed by atoms with Crippen LogP contribution in [0.25, 0.3) is 11.3 Å². The first-order valence-electron chi connectivity index (χ1n) is 14.0. The Hall–Kier alpha value is -2.64. The van der Waals surface area contributed by atoms with Crippen LogP contribution in [-0.4, -0.2) is 26.8 Å². The van der Waals surface area contributed by atoms with E-state index in [0.717, 1.165) is 43.9 Å². The summed E-state index contributed by atoms with van der Waals surface area (Å²) in [5.41, 5.74) is 0.0282. The Morgan fingerprint density at radius 1 is 1.15 bits per heavy atom. The first kappa shape index (κ1) is 30.3. The normalized spacial score (nSPS) is 18.2. The van der Waals surface area contributed by atoms with Gasteiger partial charge in [-0.05, 0) is 74.1 Å². The number of nitrogens with zero attached hydrogens (tertiary/aromatic N) is 2. The first-order chi connectivity index (χ1) is 18.7. The predicted octanol–water partition coefficient (Wildman–Crippen LogP) is 6.90. The Bertz CT molecular complexity index is 1310. The highest BCUT2D eigenvalue weighted by Gasteiger charge is 2.46. The summed E-state index contributed by atoms with van der Waals surface area (Å²) in [6.07, 6.45) is 2.45. The number of nitrogens with one attached hydrogen (secondary N) is 2. The average molecular weight is 577 g/mol. The van der Waals surface area contributed by atoms with E-state index >= 15 is 0 Å². The summed E-state index contributed by atoms with van der Waals surface area (Å²) < 4.78 is 60.3. The average Bonchev–Trinajstić information content (AvgIpc) is 3.59. The van der Waals surface area contributed by atoms with E-state index in [-0.39, 0.29) is 11.3 Å². The third-order valence-corrected chi connectivity index (χ3v) is 9.30. The van der Waals surface area contributed by atoms with Crippen molar-refractivity contribution in [2.24, 2.45) is 11.3 Å². The maximum Gasteiger partial charge on any atom is 0.417 e. The molecule has 1 aromatic heterocycles. The van der Waals surface area contributed by atoms with Gasteiger partial charge < -0.3 is 9.88 Å². The molecule has 1 atom stereocenters. The van der Waals surface area contributed by atoms with E-state index in [4.69, 9.17) is 0 Å². The first-order valence-corrected chi connectivity index (χ1v) is 15.2. The number of aromatic nitrogens is 1. The van der Waals surface area contributed by atoms with Gasteiger partial charge >= 0.3 is 6.18 Å². The monoisotopic (exact) mass is 576 g/mol. The summed E-state index contributed by atoms with van der Waals surface area (Å²) >= 11 is 0. The molecule has 0 radical (unpaired) electrons. The zero-order valence-corrected chi connectivity index (χ0v) is 24.5. The van der Waals surface area contributed by atoms with Gasteiger partial charge in [0.2, 0.25) is 0 Å². The molecule has 4 rings (SSSR count). The molecule has 0 aliphatic heterocycles. The van der Waals surface area contributed by atoms with E-state index in [1.54, 1.807) is 6.07 Å². The molecule has 0 saturated heterocycles. The lowest BCUT2D eigenvalue weighted by Crippen LogP contribution is -2.32. The molecule has 2 aliphatic carbocycles. The molecule has 0 bridgehead atoms. The maximum atomic E-state index is 14.3. The highest BCUT2D eigenvalue weighted by Crippen LogP contribution is 2.40. The van der Waals surface area contributed by atoms with E-state index < -0.39 is 33.2 Å². The van der Waals surface area contributed by atoms with Gasteiger partial charge in [0.15, 0.2) is 0 Å². The molecule has 2 aromatic rings. The summed E-state index contributed by atoms with van der Waals surface area (Å²) in [6, 6.07) is 7.48. The molecule has 40 heavy (non-hydrogen) atoms. The van der Waals surface area contributed by atoms with Crippen molar-refractivity contribution in [3.8, 4) is 17.3 Å². The van der Waals surface area contributed by atoms with E-state index in [9.17, 15) is 27.4 Å². The number of halogens is 3. The molecule has 2 N–H and O–H groups in total. The topological polar surface area (TPSA) is 86.9 Å². The Kier molecular flexibility index (Phi) is 8.86. The summed E-state index contributed by atoms with van der Waals surface area (Å²) in [5.74, 6) is 0.142. The van der Waals surface area contributed by atoms with Gasteiger partial charge in [-0.25, -0.2) is 8.93 Å². The second-order valence-electron chi connectivity index (χ2n) is 12.5. The van der Waals surface area contributed by atoms with Crippen LogP contribution in [0.15, 0.2) is 29.2 Å². The smallest absolute Gasteiger partial charge is 0.352 e. The number of hydrogen-bond acceptors (Lipinski definition) is 3. The summed E-state index contributed by atoms with van der Waals surface area (Å²) in [5, 5.41) is 12.3. The molecule has 2 saturated carbocycles. The molecule has 218 valence electrons. The fraction of sp³-hybridized carbons (Fsp3) is 0.600. The van der Waals surface area contributed by atoms with Crippen molar-refractivity contribution in [3.63, 3.8) is 0 Å². The number of hydrogen-bond donors (Lipinski definition) is 2. The van der Waals surface area contributed by atoms with Crippen LogP contribution in [0.1, 0.15) is 93.8 Å². The molecule has 2 fully saturated rings. The molecule has 6 nitrogen and oxygen atoms in total. The van der Waals surface area contributed by atoms with Crippen LogP contribution in [-0.2, 0) is 23.7 Å². The molecular formula is C30H39F3N4O2S. The van der Waals surface area contributed by atoms with Gasteiger partial charge in [-0.1, -0.05) is 46.1 Å². The van der Waals surface area contributed by atoms with Crippen LogP contribution in [0, 0.1) is 29.6 Å². The van der Waals surface area contributed by atoms with Crippen molar-refractivity contribution in [2.45, 2.75) is 102 Å². The van der Waals surface area contributed by atoms with Crippen molar-refractivity contribution in [2.75, 3.05) is 6.54 Å². The second kappa shape index (κ2) is 11.7. The van der Waals surface area contributed by atoms with E-state index in [2.05, 4.69) is 30.8 Å². The number of alkyl halides is 3. The number of nitriles is 1. The standard InChI is InChI=1S/C30H39F3N4O2S/c1-20-23(27(38)35-15-14-28(2,3)4)17-25(37(20)18-21-8-6-5-7-9-21)22-10-11-26(24(16-22)30(31,32)33)40(39)36-29(19-34)12-13-29/h10-11,16-17,21,36H,5-9,12-15,18H2,1-4H3,(H,35,38). The third-order valence-electron chi connectivity index (χ3n) is 7.97. The van der Waals surface area contributed by atoms with Gasteiger partial charge in [0, 0.05) is 24.5 Å². The van der Waals surface area contributed by atoms with Crippen molar-refractivity contribution in [1.29, 1.82) is 5.26 Å². The minimum atomic E-state index is -4.75. The molecule has 10 heteroatoms. The minimum absolute atomic E-state index is 0.0530. The maximum absolute atomic E-state index is 14.3. The Labute approximate surface area is 237 Å². The quantitative estimate of drug-likeness (QED) is 0.341.